The number of hydrogen-bond donors (Lipinski definition) is 0. The Kier molecular flexibility index (Phi) is 7.79. The number of aromatic nitrogens is 2. The van der Waals surface area contributed by atoms with Crippen LogP contribution >= 0.6 is 38.5 Å². The van der Waals surface area contributed by atoms with Crippen LogP contribution in [-0.2, 0) is 12.0 Å². The van der Waals surface area contributed by atoms with Gasteiger partial charge >= 0.3 is 0 Å². The summed E-state index contributed by atoms with van der Waals surface area (Å²) in [6.07, 6.45) is 1.60. The average Bonchev–Trinajstić information content (AvgIpc) is 2.82. The van der Waals surface area contributed by atoms with Gasteiger partial charge in [-0.2, -0.15) is 9.78 Å². The zero-order valence-corrected chi connectivity index (χ0v) is 23.9. The second kappa shape index (κ2) is 10.7. The third-order valence-electron chi connectivity index (χ3n) is 5.33. The van der Waals surface area contributed by atoms with Crippen LogP contribution in [0.2, 0.25) is 0 Å². The molecular formula is C27H24BrFIN3O3. The Labute approximate surface area is 230 Å². The van der Waals surface area contributed by atoms with Gasteiger partial charge in [-0.25, -0.2) is 9.37 Å². The molecule has 1 heterocycles. The van der Waals surface area contributed by atoms with E-state index in [9.17, 15) is 9.18 Å². The SMILES string of the molecule is COc1cc(C=Nn2c(C(C)(C)C)nc3ccc(Br)cc3c2=O)cc(I)c1OCc1cccc(F)c1. The molecule has 186 valence electrons. The fraction of sp³-hybridized carbons (Fsp3) is 0.222. The normalized spacial score (nSPS) is 11.9. The summed E-state index contributed by atoms with van der Waals surface area (Å²) in [6, 6.07) is 15.3. The van der Waals surface area contributed by atoms with E-state index < -0.39 is 5.41 Å². The highest BCUT2D eigenvalue weighted by molar-refractivity contribution is 14.1. The molecule has 9 heteroatoms. The Balaban J connectivity index is 1.71. The van der Waals surface area contributed by atoms with Gasteiger partial charge in [0.05, 0.1) is 27.8 Å². The first kappa shape index (κ1) is 26.3. The van der Waals surface area contributed by atoms with Gasteiger partial charge in [0.1, 0.15) is 18.2 Å². The number of fused-ring (bicyclic) bond motifs is 1. The van der Waals surface area contributed by atoms with Gasteiger partial charge in [-0.05, 0) is 76.2 Å². The van der Waals surface area contributed by atoms with Crippen molar-refractivity contribution < 1.29 is 13.9 Å². The summed E-state index contributed by atoms with van der Waals surface area (Å²) in [6.45, 7) is 6.16. The number of methoxy groups -OCH3 is 1. The van der Waals surface area contributed by atoms with Gasteiger partial charge in [0.15, 0.2) is 11.5 Å². The summed E-state index contributed by atoms with van der Waals surface area (Å²) < 4.78 is 27.9. The van der Waals surface area contributed by atoms with Crippen molar-refractivity contribution in [3.8, 4) is 11.5 Å². The predicted octanol–water partition coefficient (Wildman–Crippen LogP) is 6.67. The van der Waals surface area contributed by atoms with E-state index in [-0.39, 0.29) is 18.0 Å². The van der Waals surface area contributed by atoms with Gasteiger partial charge in [-0.3, -0.25) is 4.79 Å². The molecule has 0 spiro atoms. The molecule has 0 bridgehead atoms. The molecule has 0 unspecified atom stereocenters. The molecule has 0 fully saturated rings. The molecule has 6 nitrogen and oxygen atoms in total. The van der Waals surface area contributed by atoms with Crippen molar-refractivity contribution in [3.05, 3.63) is 95.8 Å². The summed E-state index contributed by atoms with van der Waals surface area (Å²) in [7, 11) is 1.55. The lowest BCUT2D eigenvalue weighted by molar-refractivity contribution is 0.282. The van der Waals surface area contributed by atoms with Gasteiger partial charge in [0, 0.05) is 9.89 Å². The van der Waals surface area contributed by atoms with Gasteiger partial charge in [0.25, 0.3) is 5.56 Å². The molecule has 4 aromatic rings. The second-order valence-electron chi connectivity index (χ2n) is 9.16. The van der Waals surface area contributed by atoms with E-state index in [0.717, 1.165) is 13.6 Å². The van der Waals surface area contributed by atoms with Crippen LogP contribution in [0.4, 0.5) is 4.39 Å². The van der Waals surface area contributed by atoms with Crippen LogP contribution < -0.4 is 15.0 Å². The number of benzene rings is 3. The standard InChI is InChI=1S/C27H24BrFIN3O3/c1-27(2,3)26-32-22-9-8-18(28)13-20(22)25(34)33(26)31-14-17-11-21(30)24(23(12-17)35-4)36-15-16-6-5-7-19(29)10-16/h5-14H,15H2,1-4H3. The van der Waals surface area contributed by atoms with Crippen molar-refractivity contribution in [1.82, 2.24) is 9.66 Å². The quantitative estimate of drug-likeness (QED) is 0.171. The van der Waals surface area contributed by atoms with Crippen molar-refractivity contribution in [2.24, 2.45) is 5.10 Å². The highest BCUT2D eigenvalue weighted by Crippen LogP contribution is 2.34. The van der Waals surface area contributed by atoms with E-state index in [4.69, 9.17) is 14.5 Å². The van der Waals surface area contributed by atoms with E-state index >= 15 is 0 Å². The van der Waals surface area contributed by atoms with Crippen LogP contribution in [0.5, 0.6) is 11.5 Å². The van der Waals surface area contributed by atoms with Gasteiger partial charge in [-0.15, -0.1) is 0 Å². The first-order chi connectivity index (χ1) is 17.1. The van der Waals surface area contributed by atoms with Crippen molar-refractivity contribution in [2.75, 3.05) is 7.11 Å². The Morgan fingerprint density at radius 1 is 1.17 bits per heavy atom. The van der Waals surface area contributed by atoms with Crippen LogP contribution in [0.15, 0.2) is 69.0 Å². The largest absolute Gasteiger partial charge is 0.493 e. The minimum atomic E-state index is -0.418. The van der Waals surface area contributed by atoms with Gasteiger partial charge in [0.2, 0.25) is 0 Å². The molecule has 0 atom stereocenters. The van der Waals surface area contributed by atoms with E-state index in [1.54, 1.807) is 37.6 Å². The topological polar surface area (TPSA) is 65.7 Å². The Hall–Kier alpha value is -2.79. The lowest BCUT2D eigenvalue weighted by Gasteiger charge is -2.21. The number of ether oxygens (including phenoxy) is 2. The summed E-state index contributed by atoms with van der Waals surface area (Å²) in [5.74, 6) is 1.29. The molecular weight excluding hydrogens is 640 g/mol. The van der Waals surface area contributed by atoms with Gasteiger partial charge < -0.3 is 9.47 Å². The van der Waals surface area contributed by atoms with E-state index in [2.05, 4.69) is 43.6 Å². The number of hydrogen-bond acceptors (Lipinski definition) is 5. The van der Waals surface area contributed by atoms with Crippen LogP contribution in [0.1, 0.15) is 37.7 Å². The summed E-state index contributed by atoms with van der Waals surface area (Å²) >= 11 is 5.58. The molecule has 0 saturated heterocycles. The Morgan fingerprint density at radius 3 is 2.64 bits per heavy atom. The van der Waals surface area contributed by atoms with Crippen LogP contribution in [0.25, 0.3) is 10.9 Å². The molecule has 0 N–H and O–H groups in total. The molecule has 0 aliphatic heterocycles. The maximum atomic E-state index is 13.5. The molecule has 36 heavy (non-hydrogen) atoms. The fourth-order valence-corrected chi connectivity index (χ4v) is 4.74. The molecule has 0 aliphatic rings. The first-order valence-electron chi connectivity index (χ1n) is 11.1. The van der Waals surface area contributed by atoms with Crippen molar-refractivity contribution in [1.29, 1.82) is 0 Å². The number of rotatable bonds is 6. The van der Waals surface area contributed by atoms with Crippen LogP contribution in [0.3, 0.4) is 0 Å². The fourth-order valence-electron chi connectivity index (χ4n) is 3.60. The monoisotopic (exact) mass is 663 g/mol. The maximum Gasteiger partial charge on any atom is 0.282 e. The molecule has 4 rings (SSSR count). The summed E-state index contributed by atoms with van der Waals surface area (Å²) in [5.41, 5.74) is 1.38. The zero-order valence-electron chi connectivity index (χ0n) is 20.2. The van der Waals surface area contributed by atoms with Crippen molar-refractivity contribution >= 4 is 55.6 Å². The molecule has 3 aromatic carbocycles. The number of nitrogens with zero attached hydrogens (tertiary/aromatic N) is 3. The Morgan fingerprint density at radius 2 is 1.94 bits per heavy atom. The molecule has 0 amide bonds. The van der Waals surface area contributed by atoms with Crippen molar-refractivity contribution in [2.45, 2.75) is 32.8 Å². The maximum absolute atomic E-state index is 13.5. The predicted molar refractivity (Wildman–Crippen MR) is 152 cm³/mol. The van der Waals surface area contributed by atoms with E-state index in [0.29, 0.717) is 33.8 Å². The molecule has 1 aromatic heterocycles. The minimum Gasteiger partial charge on any atom is -0.493 e. The van der Waals surface area contributed by atoms with Gasteiger partial charge in [-0.1, -0.05) is 48.8 Å². The molecule has 0 radical (unpaired) electrons. The Bertz CT molecular complexity index is 1530. The lowest BCUT2D eigenvalue weighted by Crippen LogP contribution is -2.29. The van der Waals surface area contributed by atoms with E-state index in [1.165, 1.54) is 16.8 Å². The number of halogens is 3. The zero-order chi connectivity index (χ0) is 26.0. The highest BCUT2D eigenvalue weighted by Gasteiger charge is 2.23. The summed E-state index contributed by atoms with van der Waals surface area (Å²) in [4.78, 5) is 18.1. The van der Waals surface area contributed by atoms with Crippen molar-refractivity contribution in [3.63, 3.8) is 0 Å². The van der Waals surface area contributed by atoms with Crippen LogP contribution in [-0.4, -0.2) is 23.0 Å². The minimum absolute atomic E-state index is 0.195. The third kappa shape index (κ3) is 5.78. The highest BCUT2D eigenvalue weighted by atomic mass is 127. The second-order valence-corrected chi connectivity index (χ2v) is 11.2. The third-order valence-corrected chi connectivity index (χ3v) is 6.62. The molecule has 0 saturated carbocycles. The summed E-state index contributed by atoms with van der Waals surface area (Å²) in [5, 5.41) is 5.01. The average molecular weight is 664 g/mol. The lowest BCUT2D eigenvalue weighted by atomic mass is 9.95. The smallest absolute Gasteiger partial charge is 0.282 e. The molecule has 0 aliphatic carbocycles. The van der Waals surface area contributed by atoms with Crippen LogP contribution in [0, 0.1) is 9.39 Å². The van der Waals surface area contributed by atoms with E-state index in [1.807, 2.05) is 39.0 Å². The first-order valence-corrected chi connectivity index (χ1v) is 13.0.